The zero-order chi connectivity index (χ0) is 14.5. The average molecular weight is 273 g/mol. The van der Waals surface area contributed by atoms with Crippen molar-refractivity contribution in [1.82, 2.24) is 0 Å². The highest BCUT2D eigenvalue weighted by Gasteiger charge is 2.29. The van der Waals surface area contributed by atoms with Crippen molar-refractivity contribution in [1.29, 1.82) is 0 Å². The number of halogens is 3. The number of hydrogen-bond donors (Lipinski definition) is 1. The molecule has 2 N–H and O–H groups in total. The zero-order valence-corrected chi connectivity index (χ0v) is 9.61. The molecule has 19 heavy (non-hydrogen) atoms. The van der Waals surface area contributed by atoms with E-state index >= 15 is 0 Å². The van der Waals surface area contributed by atoms with Gasteiger partial charge in [0.2, 0.25) is 0 Å². The van der Waals surface area contributed by atoms with Crippen molar-refractivity contribution in [3.63, 3.8) is 0 Å². The normalized spacial score (nSPS) is 11.5. The molecule has 1 aromatic carbocycles. The molecule has 0 aliphatic heterocycles. The lowest BCUT2D eigenvalue weighted by molar-refractivity contribution is -0.142. The van der Waals surface area contributed by atoms with E-state index in [4.69, 9.17) is 5.73 Å². The van der Waals surface area contributed by atoms with Crippen molar-refractivity contribution in [3.8, 4) is 0 Å². The van der Waals surface area contributed by atoms with E-state index in [-0.39, 0.29) is 0 Å². The third-order valence-electron chi connectivity index (χ3n) is 2.01. The van der Waals surface area contributed by atoms with Gasteiger partial charge in [-0.05, 0) is 23.8 Å². The highest BCUT2D eigenvalue weighted by molar-refractivity contribution is 5.88. The minimum absolute atomic E-state index is 0.393. The van der Waals surface area contributed by atoms with Gasteiger partial charge in [0.05, 0.1) is 5.56 Å². The number of carbonyl (C=O) groups is 2. The molecule has 0 heterocycles. The topological polar surface area (TPSA) is 69.4 Å². The Kier molecular flexibility index (Phi) is 4.68. The molecule has 1 aromatic rings. The summed E-state index contributed by atoms with van der Waals surface area (Å²) in [4.78, 5) is 21.4. The van der Waals surface area contributed by atoms with Crippen LogP contribution >= 0.6 is 0 Å². The Labute approximate surface area is 106 Å². The van der Waals surface area contributed by atoms with E-state index in [2.05, 4.69) is 4.74 Å². The second-order valence-electron chi connectivity index (χ2n) is 3.53. The van der Waals surface area contributed by atoms with Crippen molar-refractivity contribution in [3.05, 3.63) is 41.5 Å². The summed E-state index contributed by atoms with van der Waals surface area (Å²) in [7, 11) is 0. The summed E-state index contributed by atoms with van der Waals surface area (Å²) in [5, 5.41) is 0. The average Bonchev–Trinajstić information content (AvgIpc) is 2.33. The van der Waals surface area contributed by atoms with E-state index in [1.807, 2.05) is 0 Å². The van der Waals surface area contributed by atoms with Gasteiger partial charge < -0.3 is 10.5 Å². The third kappa shape index (κ3) is 5.24. The molecule has 102 valence electrons. The number of carbonyl (C=O) groups excluding carboxylic acids is 2. The van der Waals surface area contributed by atoms with Gasteiger partial charge in [0.15, 0.2) is 6.61 Å². The lowest BCUT2D eigenvalue weighted by Gasteiger charge is -2.05. The molecular weight excluding hydrogens is 263 g/mol. The van der Waals surface area contributed by atoms with Crippen LogP contribution < -0.4 is 5.73 Å². The van der Waals surface area contributed by atoms with Crippen molar-refractivity contribution >= 4 is 18.0 Å². The van der Waals surface area contributed by atoms with Crippen LogP contribution in [0.1, 0.15) is 11.1 Å². The Hall–Kier alpha value is -2.31. The molecule has 0 fully saturated rings. The fourth-order valence-electron chi connectivity index (χ4n) is 1.14. The molecule has 1 rings (SSSR count). The van der Waals surface area contributed by atoms with Gasteiger partial charge in [-0.15, -0.1) is 0 Å². The largest absolute Gasteiger partial charge is 0.452 e. The fourth-order valence-corrected chi connectivity index (χ4v) is 1.14. The molecule has 0 aromatic heterocycles. The lowest BCUT2D eigenvalue weighted by Crippen LogP contribution is -2.19. The lowest BCUT2D eigenvalue weighted by atomic mass is 10.1. The van der Waals surface area contributed by atoms with E-state index in [0.29, 0.717) is 5.56 Å². The second kappa shape index (κ2) is 6.03. The Balaban J connectivity index is 2.63. The van der Waals surface area contributed by atoms with Gasteiger partial charge in [0.1, 0.15) is 0 Å². The van der Waals surface area contributed by atoms with Gasteiger partial charge in [0, 0.05) is 6.08 Å². The third-order valence-corrected chi connectivity index (χ3v) is 2.01. The molecular formula is C12H10F3NO3. The van der Waals surface area contributed by atoms with Crippen molar-refractivity contribution in [2.45, 2.75) is 6.18 Å². The van der Waals surface area contributed by atoms with Crippen LogP contribution in [0.3, 0.4) is 0 Å². The van der Waals surface area contributed by atoms with E-state index in [1.54, 1.807) is 0 Å². The van der Waals surface area contributed by atoms with Crippen molar-refractivity contribution in [2.75, 3.05) is 6.61 Å². The highest BCUT2D eigenvalue weighted by atomic mass is 19.4. The molecule has 0 unspecified atom stereocenters. The summed E-state index contributed by atoms with van der Waals surface area (Å²) in [6.07, 6.45) is -2.14. The van der Waals surface area contributed by atoms with Crippen molar-refractivity contribution < 1.29 is 27.5 Å². The summed E-state index contributed by atoms with van der Waals surface area (Å²) in [5.74, 6) is -1.60. The minimum Gasteiger partial charge on any atom is -0.452 e. The summed E-state index contributed by atoms with van der Waals surface area (Å²) < 4.78 is 41.2. The Morgan fingerprint density at radius 2 is 1.79 bits per heavy atom. The van der Waals surface area contributed by atoms with Crippen LogP contribution in [0.4, 0.5) is 13.2 Å². The first-order valence-electron chi connectivity index (χ1n) is 5.09. The molecule has 1 amide bonds. The Morgan fingerprint density at radius 1 is 1.21 bits per heavy atom. The number of primary amides is 1. The van der Waals surface area contributed by atoms with Gasteiger partial charge >= 0.3 is 12.1 Å². The maximum Gasteiger partial charge on any atom is 0.416 e. The molecule has 0 atom stereocenters. The molecule has 0 saturated carbocycles. The number of nitrogens with two attached hydrogens (primary N) is 1. The SMILES string of the molecule is NC(=O)COC(=O)/C=C/c1ccc(C(F)(F)F)cc1. The fraction of sp³-hybridized carbons (Fsp3) is 0.167. The maximum absolute atomic E-state index is 12.3. The predicted molar refractivity (Wildman–Crippen MR) is 60.6 cm³/mol. The van der Waals surface area contributed by atoms with E-state index in [9.17, 15) is 22.8 Å². The second-order valence-corrected chi connectivity index (χ2v) is 3.53. The monoisotopic (exact) mass is 273 g/mol. The molecule has 0 bridgehead atoms. The molecule has 0 saturated heterocycles. The number of amides is 1. The summed E-state index contributed by atoms with van der Waals surface area (Å²) in [6.45, 7) is -0.545. The maximum atomic E-state index is 12.3. The molecule has 0 aliphatic rings. The number of alkyl halides is 3. The Morgan fingerprint density at radius 3 is 2.26 bits per heavy atom. The first-order valence-corrected chi connectivity index (χ1v) is 5.09. The number of benzene rings is 1. The Bertz CT molecular complexity index is 492. The van der Waals surface area contributed by atoms with Gasteiger partial charge in [-0.25, -0.2) is 4.79 Å². The van der Waals surface area contributed by atoms with Gasteiger partial charge in [-0.2, -0.15) is 13.2 Å². The predicted octanol–water partition coefficient (Wildman–Crippen LogP) is 1.75. The summed E-state index contributed by atoms with van der Waals surface area (Å²) in [6, 6.07) is 4.21. The van der Waals surface area contributed by atoms with Crippen LogP contribution in [0.5, 0.6) is 0 Å². The first kappa shape index (κ1) is 14.7. The standard InChI is InChI=1S/C12H10F3NO3/c13-12(14,15)9-4-1-8(2-5-9)3-6-11(18)19-7-10(16)17/h1-6H,7H2,(H2,16,17)/b6-3+. The van der Waals surface area contributed by atoms with Crippen LogP contribution in [-0.4, -0.2) is 18.5 Å². The highest BCUT2D eigenvalue weighted by Crippen LogP contribution is 2.29. The van der Waals surface area contributed by atoms with E-state index in [0.717, 1.165) is 18.2 Å². The van der Waals surface area contributed by atoms with Crippen LogP contribution in [0.2, 0.25) is 0 Å². The quantitative estimate of drug-likeness (QED) is 0.671. The van der Waals surface area contributed by atoms with Gasteiger partial charge in [-0.1, -0.05) is 12.1 Å². The number of rotatable bonds is 4. The molecule has 7 heteroatoms. The van der Waals surface area contributed by atoms with Gasteiger partial charge in [-0.3, -0.25) is 4.79 Å². The minimum atomic E-state index is -4.40. The van der Waals surface area contributed by atoms with Crippen LogP contribution in [0, 0.1) is 0 Å². The zero-order valence-electron chi connectivity index (χ0n) is 9.61. The van der Waals surface area contributed by atoms with Crippen LogP contribution in [0.25, 0.3) is 6.08 Å². The smallest absolute Gasteiger partial charge is 0.416 e. The number of hydrogen-bond acceptors (Lipinski definition) is 3. The molecule has 0 radical (unpaired) electrons. The van der Waals surface area contributed by atoms with Gasteiger partial charge in [0.25, 0.3) is 5.91 Å². The molecule has 4 nitrogen and oxygen atoms in total. The molecule has 0 aliphatic carbocycles. The summed E-state index contributed by atoms with van der Waals surface area (Å²) >= 11 is 0. The van der Waals surface area contributed by atoms with E-state index < -0.39 is 30.2 Å². The van der Waals surface area contributed by atoms with Crippen LogP contribution in [0.15, 0.2) is 30.3 Å². The molecule has 0 spiro atoms. The van der Waals surface area contributed by atoms with Crippen LogP contribution in [-0.2, 0) is 20.5 Å². The first-order chi connectivity index (χ1) is 8.79. The number of ether oxygens (including phenoxy) is 1. The van der Waals surface area contributed by atoms with Crippen molar-refractivity contribution in [2.24, 2.45) is 5.73 Å². The summed E-state index contributed by atoms with van der Waals surface area (Å²) in [5.41, 5.74) is 4.37. The van der Waals surface area contributed by atoms with E-state index in [1.165, 1.54) is 18.2 Å². The number of esters is 1.